The minimum atomic E-state index is 0.777. The Bertz CT molecular complexity index is 422. The van der Waals surface area contributed by atoms with Gasteiger partial charge in [0, 0.05) is 28.3 Å². The van der Waals surface area contributed by atoms with Crippen LogP contribution in [0.5, 0.6) is 0 Å². The third-order valence-corrected chi connectivity index (χ3v) is 3.26. The average Bonchev–Trinajstić information content (AvgIpc) is 2.65. The lowest BCUT2D eigenvalue weighted by Crippen LogP contribution is -1.88. The lowest BCUT2D eigenvalue weighted by molar-refractivity contribution is 1.06. The van der Waals surface area contributed by atoms with E-state index in [4.69, 9.17) is 5.73 Å². The van der Waals surface area contributed by atoms with Gasteiger partial charge in [-0.05, 0) is 23.8 Å². The van der Waals surface area contributed by atoms with Gasteiger partial charge < -0.3 is 10.7 Å². The molecule has 78 valence electrons. The van der Waals surface area contributed by atoms with E-state index in [-0.39, 0.29) is 0 Å². The molecule has 0 fully saturated rings. The smallest absolute Gasteiger partial charge is 0.165 e. The lowest BCUT2D eigenvalue weighted by atomic mass is 10.2. The van der Waals surface area contributed by atoms with Gasteiger partial charge in [0.25, 0.3) is 0 Å². The SMILES string of the molecule is Nc1cc(Br)cc(CSc2ncc[nH]2)c1. The van der Waals surface area contributed by atoms with Crippen molar-refractivity contribution in [2.75, 3.05) is 5.73 Å². The molecule has 0 atom stereocenters. The number of H-pyrrole nitrogens is 1. The van der Waals surface area contributed by atoms with Crippen LogP contribution >= 0.6 is 27.7 Å². The summed E-state index contributed by atoms with van der Waals surface area (Å²) in [6, 6.07) is 5.92. The Kier molecular flexibility index (Phi) is 3.33. The van der Waals surface area contributed by atoms with Gasteiger partial charge in [-0.25, -0.2) is 4.98 Å². The number of nitrogens with two attached hydrogens (primary N) is 1. The van der Waals surface area contributed by atoms with E-state index >= 15 is 0 Å². The molecule has 3 nitrogen and oxygen atoms in total. The van der Waals surface area contributed by atoms with Gasteiger partial charge in [-0.2, -0.15) is 0 Å². The summed E-state index contributed by atoms with van der Waals surface area (Å²) in [7, 11) is 0. The molecule has 0 amide bonds. The first-order valence-corrected chi connectivity index (χ1v) is 6.19. The number of nitrogens with zero attached hydrogens (tertiary/aromatic N) is 1. The fraction of sp³-hybridized carbons (Fsp3) is 0.100. The number of thioether (sulfide) groups is 1. The lowest BCUT2D eigenvalue weighted by Gasteiger charge is -2.02. The Balaban J connectivity index is 2.05. The molecule has 1 aromatic carbocycles. The molecule has 15 heavy (non-hydrogen) atoms. The number of anilines is 1. The van der Waals surface area contributed by atoms with Crippen LogP contribution in [-0.4, -0.2) is 9.97 Å². The van der Waals surface area contributed by atoms with Gasteiger partial charge in [-0.1, -0.05) is 27.7 Å². The standard InChI is InChI=1S/C10H10BrN3S/c11-8-3-7(4-9(12)5-8)6-15-10-13-1-2-14-10/h1-5H,6,12H2,(H,13,14). The van der Waals surface area contributed by atoms with Crippen molar-refractivity contribution < 1.29 is 0 Å². The van der Waals surface area contributed by atoms with E-state index in [9.17, 15) is 0 Å². The van der Waals surface area contributed by atoms with E-state index in [1.54, 1.807) is 18.0 Å². The highest BCUT2D eigenvalue weighted by atomic mass is 79.9. The first-order chi connectivity index (χ1) is 7.24. The molecule has 5 heteroatoms. The highest BCUT2D eigenvalue weighted by Crippen LogP contribution is 2.23. The molecule has 0 aliphatic heterocycles. The zero-order valence-corrected chi connectivity index (χ0v) is 10.3. The van der Waals surface area contributed by atoms with Gasteiger partial charge >= 0.3 is 0 Å². The number of hydrogen-bond donors (Lipinski definition) is 2. The number of aromatic nitrogens is 2. The second-order valence-electron chi connectivity index (χ2n) is 3.08. The number of nitrogens with one attached hydrogen (secondary N) is 1. The maximum absolute atomic E-state index is 5.75. The van der Waals surface area contributed by atoms with E-state index in [0.717, 1.165) is 21.1 Å². The van der Waals surface area contributed by atoms with Crippen molar-refractivity contribution >= 4 is 33.4 Å². The molecule has 0 spiro atoms. The fourth-order valence-corrected chi connectivity index (χ4v) is 2.56. The molecule has 0 aliphatic rings. The van der Waals surface area contributed by atoms with Crippen molar-refractivity contribution in [2.45, 2.75) is 10.9 Å². The van der Waals surface area contributed by atoms with Crippen LogP contribution in [0.15, 0.2) is 40.2 Å². The van der Waals surface area contributed by atoms with Crippen LogP contribution in [0.4, 0.5) is 5.69 Å². The molecule has 0 aliphatic carbocycles. The van der Waals surface area contributed by atoms with Crippen LogP contribution in [0.3, 0.4) is 0 Å². The summed E-state index contributed by atoms with van der Waals surface area (Å²) in [6.07, 6.45) is 3.56. The van der Waals surface area contributed by atoms with E-state index in [0.29, 0.717) is 0 Å². The molecule has 0 radical (unpaired) electrons. The van der Waals surface area contributed by atoms with Crippen molar-refractivity contribution in [1.29, 1.82) is 0 Å². The molecule has 2 aromatic rings. The Labute approximate surface area is 101 Å². The largest absolute Gasteiger partial charge is 0.399 e. The Morgan fingerprint density at radius 1 is 1.40 bits per heavy atom. The topological polar surface area (TPSA) is 54.7 Å². The zero-order chi connectivity index (χ0) is 10.7. The van der Waals surface area contributed by atoms with Crippen LogP contribution < -0.4 is 5.73 Å². The van der Waals surface area contributed by atoms with Crippen LogP contribution in [0.1, 0.15) is 5.56 Å². The summed E-state index contributed by atoms with van der Waals surface area (Å²) in [5.41, 5.74) is 7.71. The van der Waals surface area contributed by atoms with Crippen molar-refractivity contribution in [2.24, 2.45) is 0 Å². The van der Waals surface area contributed by atoms with Gasteiger partial charge in [0.05, 0.1) is 0 Å². The number of nitrogen functional groups attached to an aromatic ring is 1. The predicted octanol–water partition coefficient (Wildman–Crippen LogP) is 3.05. The van der Waals surface area contributed by atoms with E-state index in [1.807, 2.05) is 18.3 Å². The van der Waals surface area contributed by atoms with E-state index < -0.39 is 0 Å². The number of benzene rings is 1. The minimum absolute atomic E-state index is 0.777. The van der Waals surface area contributed by atoms with Crippen molar-refractivity contribution in [3.05, 3.63) is 40.6 Å². The van der Waals surface area contributed by atoms with Crippen LogP contribution in [0.2, 0.25) is 0 Å². The molecule has 1 heterocycles. The highest BCUT2D eigenvalue weighted by Gasteiger charge is 2.00. The number of imidazole rings is 1. The van der Waals surface area contributed by atoms with Crippen molar-refractivity contribution in [3.63, 3.8) is 0 Å². The normalized spacial score (nSPS) is 10.5. The zero-order valence-electron chi connectivity index (χ0n) is 7.90. The van der Waals surface area contributed by atoms with E-state index in [1.165, 1.54) is 5.56 Å². The van der Waals surface area contributed by atoms with Crippen LogP contribution in [0.25, 0.3) is 0 Å². The molecular weight excluding hydrogens is 274 g/mol. The Hall–Kier alpha value is -0.940. The quantitative estimate of drug-likeness (QED) is 0.673. The van der Waals surface area contributed by atoms with Gasteiger partial charge in [-0.15, -0.1) is 0 Å². The molecule has 0 unspecified atom stereocenters. The van der Waals surface area contributed by atoms with E-state index in [2.05, 4.69) is 32.0 Å². The summed E-state index contributed by atoms with van der Waals surface area (Å²) < 4.78 is 1.01. The summed E-state index contributed by atoms with van der Waals surface area (Å²) in [5.74, 6) is 0.858. The fourth-order valence-electron chi connectivity index (χ4n) is 1.24. The molecule has 1 aromatic heterocycles. The molecule has 0 bridgehead atoms. The van der Waals surface area contributed by atoms with Crippen LogP contribution in [0, 0.1) is 0 Å². The second-order valence-corrected chi connectivity index (χ2v) is 4.96. The molecule has 0 saturated carbocycles. The van der Waals surface area contributed by atoms with Gasteiger partial charge in [-0.3, -0.25) is 0 Å². The second kappa shape index (κ2) is 4.72. The molecule has 0 saturated heterocycles. The van der Waals surface area contributed by atoms with Gasteiger partial charge in [0.15, 0.2) is 5.16 Å². The average molecular weight is 284 g/mol. The molecule has 2 rings (SSSR count). The van der Waals surface area contributed by atoms with Crippen molar-refractivity contribution in [1.82, 2.24) is 9.97 Å². The third kappa shape index (κ3) is 3.00. The first-order valence-electron chi connectivity index (χ1n) is 4.41. The maximum Gasteiger partial charge on any atom is 0.165 e. The Morgan fingerprint density at radius 3 is 2.93 bits per heavy atom. The third-order valence-electron chi connectivity index (χ3n) is 1.83. The molecular formula is C10H10BrN3S. The first kappa shape index (κ1) is 10.6. The number of aromatic amines is 1. The van der Waals surface area contributed by atoms with Crippen LogP contribution in [-0.2, 0) is 5.75 Å². The summed E-state index contributed by atoms with van der Waals surface area (Å²) in [6.45, 7) is 0. The summed E-state index contributed by atoms with van der Waals surface area (Å²) >= 11 is 5.07. The molecule has 3 N–H and O–H groups in total. The number of rotatable bonds is 3. The van der Waals surface area contributed by atoms with Crippen molar-refractivity contribution in [3.8, 4) is 0 Å². The predicted molar refractivity (Wildman–Crippen MR) is 66.7 cm³/mol. The minimum Gasteiger partial charge on any atom is -0.399 e. The maximum atomic E-state index is 5.75. The van der Waals surface area contributed by atoms with Gasteiger partial charge in [0.2, 0.25) is 0 Å². The number of halogens is 1. The monoisotopic (exact) mass is 283 g/mol. The van der Waals surface area contributed by atoms with Gasteiger partial charge in [0.1, 0.15) is 0 Å². The highest BCUT2D eigenvalue weighted by molar-refractivity contribution is 9.10. The number of hydrogen-bond acceptors (Lipinski definition) is 3. The summed E-state index contributed by atoms with van der Waals surface area (Å²) in [5, 5.41) is 0.925. The summed E-state index contributed by atoms with van der Waals surface area (Å²) in [4.78, 5) is 7.19. The Morgan fingerprint density at radius 2 is 2.27 bits per heavy atom.